The standard InChI is InChI=1S/C4H7BrN4O/c5-3-1-2(10-9-3)4(6)8-7/h1-2,9H,7H2,(H2,6,8). The Morgan fingerprint density at radius 3 is 3.00 bits per heavy atom. The lowest BCUT2D eigenvalue weighted by Crippen LogP contribution is -2.30. The van der Waals surface area contributed by atoms with Gasteiger partial charge in [0, 0.05) is 0 Å². The van der Waals surface area contributed by atoms with Crippen LogP contribution in [0.5, 0.6) is 0 Å². The molecule has 1 unspecified atom stereocenters. The second kappa shape index (κ2) is 2.89. The minimum absolute atomic E-state index is 0.238. The van der Waals surface area contributed by atoms with Crippen molar-refractivity contribution in [2.75, 3.05) is 0 Å². The van der Waals surface area contributed by atoms with Gasteiger partial charge in [-0.05, 0) is 22.0 Å². The highest BCUT2D eigenvalue weighted by Gasteiger charge is 2.17. The van der Waals surface area contributed by atoms with E-state index in [0.29, 0.717) is 0 Å². The summed E-state index contributed by atoms with van der Waals surface area (Å²) in [7, 11) is 0. The molecule has 0 aromatic rings. The molecule has 5 N–H and O–H groups in total. The van der Waals surface area contributed by atoms with Gasteiger partial charge in [0.15, 0.2) is 11.9 Å². The van der Waals surface area contributed by atoms with E-state index in [1.807, 2.05) is 0 Å². The lowest BCUT2D eigenvalue weighted by atomic mass is 10.3. The van der Waals surface area contributed by atoms with Gasteiger partial charge in [0.25, 0.3) is 0 Å². The van der Waals surface area contributed by atoms with Crippen LogP contribution in [0.3, 0.4) is 0 Å². The van der Waals surface area contributed by atoms with Crippen molar-refractivity contribution in [3.05, 3.63) is 10.7 Å². The van der Waals surface area contributed by atoms with E-state index in [1.54, 1.807) is 6.08 Å². The molecular formula is C4H7BrN4O. The summed E-state index contributed by atoms with van der Waals surface area (Å²) in [5.74, 6) is 5.15. The predicted molar refractivity (Wildman–Crippen MR) is 40.8 cm³/mol. The van der Waals surface area contributed by atoms with Crippen LogP contribution in [-0.4, -0.2) is 11.9 Å². The van der Waals surface area contributed by atoms with Crippen LogP contribution in [-0.2, 0) is 4.84 Å². The number of halogens is 1. The molecule has 0 amide bonds. The number of hydrogen-bond acceptors (Lipinski definition) is 4. The Labute approximate surface area is 66.2 Å². The Kier molecular flexibility index (Phi) is 2.13. The molecule has 0 saturated heterocycles. The van der Waals surface area contributed by atoms with E-state index in [4.69, 9.17) is 16.4 Å². The average Bonchev–Trinajstić information content (AvgIpc) is 2.34. The Balaban J connectivity index is 2.61. The Hall–Kier alpha value is -0.750. The molecule has 0 radical (unpaired) electrons. The van der Waals surface area contributed by atoms with Gasteiger partial charge in [-0.3, -0.25) is 10.3 Å². The van der Waals surface area contributed by atoms with Crippen molar-refractivity contribution < 1.29 is 4.84 Å². The van der Waals surface area contributed by atoms with Crippen LogP contribution in [0, 0.1) is 0 Å². The maximum atomic E-state index is 5.34. The van der Waals surface area contributed by atoms with Crippen LogP contribution in [0.15, 0.2) is 15.8 Å². The van der Waals surface area contributed by atoms with Crippen LogP contribution in [0.4, 0.5) is 0 Å². The molecule has 5 nitrogen and oxygen atoms in total. The summed E-state index contributed by atoms with van der Waals surface area (Å²) < 4.78 is 0.726. The smallest absolute Gasteiger partial charge is 0.165 e. The van der Waals surface area contributed by atoms with Crippen LogP contribution < -0.4 is 17.1 Å². The number of nitrogens with zero attached hydrogens (tertiary/aromatic N) is 1. The van der Waals surface area contributed by atoms with Crippen molar-refractivity contribution in [1.82, 2.24) is 5.48 Å². The topological polar surface area (TPSA) is 85.7 Å². The molecule has 1 aliphatic rings. The number of hydroxylamine groups is 1. The lowest BCUT2D eigenvalue weighted by Gasteiger charge is -2.03. The van der Waals surface area contributed by atoms with Crippen molar-refractivity contribution in [1.29, 1.82) is 0 Å². The molecule has 0 fully saturated rings. The van der Waals surface area contributed by atoms with Gasteiger partial charge in [-0.2, -0.15) is 5.10 Å². The highest BCUT2D eigenvalue weighted by Crippen LogP contribution is 2.11. The second-order valence-corrected chi connectivity index (χ2v) is 2.56. The molecule has 56 valence electrons. The van der Waals surface area contributed by atoms with E-state index in [1.165, 1.54) is 0 Å². The van der Waals surface area contributed by atoms with Gasteiger partial charge in [-0.15, -0.1) is 0 Å². The number of hydrazone groups is 1. The minimum atomic E-state index is -0.362. The zero-order chi connectivity index (χ0) is 7.56. The molecule has 0 aliphatic carbocycles. The van der Waals surface area contributed by atoms with E-state index in [9.17, 15) is 0 Å². The molecular weight excluding hydrogens is 200 g/mol. The number of hydrogen-bond donors (Lipinski definition) is 3. The molecule has 0 bridgehead atoms. The Bertz CT molecular complexity index is 190. The quantitative estimate of drug-likeness (QED) is 0.175. The predicted octanol–water partition coefficient (Wildman–Crippen LogP) is -0.643. The normalized spacial score (nSPS) is 25.9. The Morgan fingerprint density at radius 1 is 1.90 bits per heavy atom. The first-order valence-electron chi connectivity index (χ1n) is 2.56. The van der Waals surface area contributed by atoms with Gasteiger partial charge in [-0.1, -0.05) is 0 Å². The van der Waals surface area contributed by atoms with Crippen molar-refractivity contribution in [2.24, 2.45) is 16.7 Å². The average molecular weight is 207 g/mol. The van der Waals surface area contributed by atoms with Crippen molar-refractivity contribution in [3.8, 4) is 0 Å². The summed E-state index contributed by atoms with van der Waals surface area (Å²) in [6.07, 6.45) is 1.35. The number of rotatable bonds is 1. The molecule has 6 heteroatoms. The van der Waals surface area contributed by atoms with Gasteiger partial charge in [0.1, 0.15) is 4.61 Å². The second-order valence-electron chi connectivity index (χ2n) is 1.71. The van der Waals surface area contributed by atoms with E-state index in [2.05, 4.69) is 26.5 Å². The highest BCUT2D eigenvalue weighted by atomic mass is 79.9. The first kappa shape index (κ1) is 7.36. The number of nitrogens with one attached hydrogen (secondary N) is 1. The van der Waals surface area contributed by atoms with Gasteiger partial charge < -0.3 is 11.6 Å². The molecule has 0 aromatic carbocycles. The van der Waals surface area contributed by atoms with Crippen LogP contribution in [0.2, 0.25) is 0 Å². The third kappa shape index (κ3) is 1.39. The molecule has 0 aromatic heterocycles. The third-order valence-electron chi connectivity index (χ3n) is 1.02. The van der Waals surface area contributed by atoms with Crippen molar-refractivity contribution >= 4 is 21.8 Å². The van der Waals surface area contributed by atoms with Gasteiger partial charge >= 0.3 is 0 Å². The van der Waals surface area contributed by atoms with E-state index < -0.39 is 0 Å². The van der Waals surface area contributed by atoms with E-state index in [0.717, 1.165) is 4.61 Å². The summed E-state index contributed by atoms with van der Waals surface area (Å²) in [4.78, 5) is 4.89. The summed E-state index contributed by atoms with van der Waals surface area (Å²) in [6.45, 7) is 0. The molecule has 1 aliphatic heterocycles. The highest BCUT2D eigenvalue weighted by molar-refractivity contribution is 9.11. The molecule has 1 rings (SSSR count). The maximum Gasteiger partial charge on any atom is 0.165 e. The monoisotopic (exact) mass is 206 g/mol. The van der Waals surface area contributed by atoms with E-state index >= 15 is 0 Å². The summed E-state index contributed by atoms with van der Waals surface area (Å²) in [6, 6.07) is 0. The Morgan fingerprint density at radius 2 is 2.60 bits per heavy atom. The van der Waals surface area contributed by atoms with Gasteiger partial charge in [-0.25, -0.2) is 0 Å². The number of nitrogens with two attached hydrogens (primary N) is 2. The third-order valence-corrected chi connectivity index (χ3v) is 1.45. The van der Waals surface area contributed by atoms with Crippen molar-refractivity contribution in [3.63, 3.8) is 0 Å². The van der Waals surface area contributed by atoms with E-state index in [-0.39, 0.29) is 11.9 Å². The molecule has 1 atom stereocenters. The largest absolute Gasteiger partial charge is 0.383 e. The lowest BCUT2D eigenvalue weighted by molar-refractivity contribution is 0.0817. The van der Waals surface area contributed by atoms with Crippen LogP contribution in [0.1, 0.15) is 0 Å². The SMILES string of the molecule is NN=C(N)C1C=C(Br)NO1. The summed E-state index contributed by atoms with van der Waals surface area (Å²) >= 11 is 3.15. The number of amidine groups is 1. The fraction of sp³-hybridized carbons (Fsp3) is 0.250. The molecule has 0 saturated carbocycles. The zero-order valence-electron chi connectivity index (χ0n) is 5.04. The molecule has 1 heterocycles. The molecule has 10 heavy (non-hydrogen) atoms. The molecule has 0 spiro atoms. The van der Waals surface area contributed by atoms with Gasteiger partial charge in [0.05, 0.1) is 0 Å². The zero-order valence-corrected chi connectivity index (χ0v) is 6.63. The summed E-state index contributed by atoms with van der Waals surface area (Å²) in [5.41, 5.74) is 7.88. The van der Waals surface area contributed by atoms with Gasteiger partial charge in [0.2, 0.25) is 0 Å². The maximum absolute atomic E-state index is 5.34. The minimum Gasteiger partial charge on any atom is -0.383 e. The summed E-state index contributed by atoms with van der Waals surface area (Å²) in [5, 5.41) is 3.27. The fourth-order valence-electron chi connectivity index (χ4n) is 0.540. The van der Waals surface area contributed by atoms with Crippen LogP contribution in [0.25, 0.3) is 0 Å². The van der Waals surface area contributed by atoms with Crippen LogP contribution >= 0.6 is 15.9 Å². The first-order valence-corrected chi connectivity index (χ1v) is 3.35. The first-order chi connectivity index (χ1) is 4.74. The van der Waals surface area contributed by atoms with Crippen molar-refractivity contribution in [2.45, 2.75) is 6.10 Å². The fourth-order valence-corrected chi connectivity index (χ4v) is 0.873.